The van der Waals surface area contributed by atoms with E-state index in [1.807, 2.05) is 51.1 Å². The number of amides is 1. The average Bonchev–Trinajstić information content (AvgIpc) is 3.28. The predicted octanol–water partition coefficient (Wildman–Crippen LogP) is 4.90. The Bertz CT molecular complexity index is 1640. The molecule has 1 aliphatic rings. The van der Waals surface area contributed by atoms with Gasteiger partial charge in [0, 0.05) is 55.2 Å². The molecule has 3 heterocycles. The number of sulfonamides is 1. The zero-order chi connectivity index (χ0) is 29.0. The Labute approximate surface area is 239 Å². The Morgan fingerprint density at radius 2 is 1.73 bits per heavy atom. The van der Waals surface area contributed by atoms with Crippen LogP contribution >= 0.6 is 0 Å². The van der Waals surface area contributed by atoms with Gasteiger partial charge in [-0.25, -0.2) is 23.2 Å². The van der Waals surface area contributed by atoms with E-state index in [2.05, 4.69) is 25.5 Å². The third kappa shape index (κ3) is 6.90. The summed E-state index contributed by atoms with van der Waals surface area (Å²) in [6, 6.07) is 12.4. The zero-order valence-electron chi connectivity index (χ0n) is 23.2. The van der Waals surface area contributed by atoms with E-state index < -0.39 is 21.7 Å². The second kappa shape index (κ2) is 11.7. The molecular weight excluding hydrogens is 542 g/mol. The molecule has 2 aromatic carbocycles. The van der Waals surface area contributed by atoms with Crippen molar-refractivity contribution >= 4 is 50.8 Å². The maximum atomic E-state index is 13.3. The number of aromatic amines is 1. The van der Waals surface area contributed by atoms with Crippen LogP contribution in [-0.2, 0) is 14.8 Å². The molecule has 11 nitrogen and oxygen atoms in total. The number of hydrogen-bond donors (Lipinski definition) is 2. The number of aromatic nitrogens is 4. The monoisotopic (exact) mass is 575 g/mol. The molecule has 0 atom stereocenters. The van der Waals surface area contributed by atoms with Gasteiger partial charge in [-0.05, 0) is 63.1 Å². The number of nitrogens with one attached hydrogen (secondary N) is 2. The van der Waals surface area contributed by atoms with Crippen LogP contribution < -0.4 is 5.32 Å². The molecule has 0 spiro atoms. The zero-order valence-corrected chi connectivity index (χ0v) is 24.1. The minimum atomic E-state index is -3.72. The fourth-order valence-electron chi connectivity index (χ4n) is 4.44. The molecule has 0 aliphatic carbocycles. The van der Waals surface area contributed by atoms with Crippen LogP contribution in [0.25, 0.3) is 23.1 Å². The van der Waals surface area contributed by atoms with Crippen molar-refractivity contribution in [2.75, 3.05) is 31.5 Å². The van der Waals surface area contributed by atoms with Crippen LogP contribution in [0.5, 0.6) is 0 Å². The van der Waals surface area contributed by atoms with Gasteiger partial charge in [-0.3, -0.25) is 5.10 Å². The van der Waals surface area contributed by atoms with Crippen molar-refractivity contribution in [3.63, 3.8) is 0 Å². The SMILES string of the molecule is CC(C)(C)OC(=O)N1CCCN(S(=O)(=O)c2ccc(Nc3ncc(/C=C/c4cccc5[nH]ncc45)cn3)cc2)CC1. The first kappa shape index (κ1) is 28.2. The quantitative estimate of drug-likeness (QED) is 0.332. The molecule has 12 heteroatoms. The second-order valence-electron chi connectivity index (χ2n) is 10.7. The highest BCUT2D eigenvalue weighted by Crippen LogP contribution is 2.23. The number of benzene rings is 2. The molecule has 0 unspecified atom stereocenters. The third-order valence-electron chi connectivity index (χ3n) is 6.50. The van der Waals surface area contributed by atoms with Crippen LogP contribution in [0.1, 0.15) is 38.3 Å². The highest BCUT2D eigenvalue weighted by atomic mass is 32.2. The lowest BCUT2D eigenvalue weighted by Crippen LogP contribution is -2.40. The van der Waals surface area contributed by atoms with Gasteiger partial charge in [0.15, 0.2) is 0 Å². The molecule has 0 saturated carbocycles. The molecule has 2 aromatic heterocycles. The summed E-state index contributed by atoms with van der Waals surface area (Å²) in [5.74, 6) is 0.393. The van der Waals surface area contributed by atoms with E-state index in [4.69, 9.17) is 4.74 Å². The largest absolute Gasteiger partial charge is 0.444 e. The van der Waals surface area contributed by atoms with Gasteiger partial charge >= 0.3 is 6.09 Å². The topological polar surface area (TPSA) is 133 Å². The molecule has 214 valence electrons. The molecule has 0 bridgehead atoms. The molecule has 1 saturated heterocycles. The number of hydrogen-bond acceptors (Lipinski definition) is 8. The van der Waals surface area contributed by atoms with Gasteiger partial charge in [0.1, 0.15) is 5.60 Å². The number of nitrogens with zero attached hydrogens (tertiary/aromatic N) is 5. The number of carbonyl (C=O) groups is 1. The molecular formula is C29H33N7O4S. The highest BCUT2D eigenvalue weighted by molar-refractivity contribution is 7.89. The van der Waals surface area contributed by atoms with Crippen LogP contribution in [0, 0.1) is 0 Å². The smallest absolute Gasteiger partial charge is 0.410 e. The van der Waals surface area contributed by atoms with E-state index in [0.717, 1.165) is 22.0 Å². The third-order valence-corrected chi connectivity index (χ3v) is 8.41. The summed E-state index contributed by atoms with van der Waals surface area (Å²) < 4.78 is 33.5. The van der Waals surface area contributed by atoms with Gasteiger partial charge in [-0.2, -0.15) is 9.40 Å². The molecule has 1 aliphatic heterocycles. The number of ether oxygens (including phenoxy) is 1. The van der Waals surface area contributed by atoms with Crippen molar-refractivity contribution in [3.05, 3.63) is 72.2 Å². The summed E-state index contributed by atoms with van der Waals surface area (Å²) >= 11 is 0. The first-order chi connectivity index (χ1) is 19.6. The van der Waals surface area contributed by atoms with E-state index in [9.17, 15) is 13.2 Å². The standard InChI is InChI=1S/C29H33N7O4S/c1-29(2,3)40-28(37)35-14-5-15-36(17-16-35)41(38,39)24-12-10-23(11-13-24)33-27-30-18-21(19-31-27)8-9-22-6-4-7-26-25(22)20-32-34-26/h4,6-13,18-20H,5,14-17H2,1-3H3,(H,32,34)(H,30,31,33)/b9-8+. The van der Waals surface area contributed by atoms with Gasteiger partial charge in [0.25, 0.3) is 0 Å². The Morgan fingerprint density at radius 3 is 2.46 bits per heavy atom. The predicted molar refractivity (Wildman–Crippen MR) is 158 cm³/mol. The fraction of sp³-hybridized carbons (Fsp3) is 0.310. The van der Waals surface area contributed by atoms with Crippen LogP contribution in [0.2, 0.25) is 0 Å². The average molecular weight is 576 g/mol. The summed E-state index contributed by atoms with van der Waals surface area (Å²) in [4.78, 5) is 22.9. The molecule has 0 radical (unpaired) electrons. The molecule has 1 fully saturated rings. The minimum Gasteiger partial charge on any atom is -0.444 e. The summed E-state index contributed by atoms with van der Waals surface area (Å²) in [6.45, 7) is 6.67. The summed E-state index contributed by atoms with van der Waals surface area (Å²) in [6.07, 6.45) is 9.23. The van der Waals surface area contributed by atoms with Crippen molar-refractivity contribution in [1.29, 1.82) is 0 Å². The molecule has 2 N–H and O–H groups in total. The minimum absolute atomic E-state index is 0.183. The van der Waals surface area contributed by atoms with Crippen molar-refractivity contribution in [2.45, 2.75) is 37.7 Å². The van der Waals surface area contributed by atoms with Gasteiger partial charge in [0.05, 0.1) is 16.6 Å². The Hall–Kier alpha value is -4.29. The van der Waals surface area contributed by atoms with Crippen molar-refractivity contribution in [2.24, 2.45) is 0 Å². The molecule has 5 rings (SSSR count). The van der Waals surface area contributed by atoms with Crippen LogP contribution in [0.3, 0.4) is 0 Å². The summed E-state index contributed by atoms with van der Waals surface area (Å²) in [5.41, 5.74) is 2.89. The summed E-state index contributed by atoms with van der Waals surface area (Å²) in [7, 11) is -3.72. The number of rotatable bonds is 6. The molecule has 1 amide bonds. The fourth-order valence-corrected chi connectivity index (χ4v) is 5.91. The van der Waals surface area contributed by atoms with Crippen molar-refractivity contribution in [1.82, 2.24) is 29.4 Å². The summed E-state index contributed by atoms with van der Waals surface area (Å²) in [5, 5.41) is 11.2. The van der Waals surface area contributed by atoms with Crippen LogP contribution in [0.4, 0.5) is 16.4 Å². The Balaban J connectivity index is 1.19. The highest BCUT2D eigenvalue weighted by Gasteiger charge is 2.30. The van der Waals surface area contributed by atoms with E-state index in [-0.39, 0.29) is 18.0 Å². The first-order valence-corrected chi connectivity index (χ1v) is 14.8. The second-order valence-corrected chi connectivity index (χ2v) is 12.7. The Morgan fingerprint density at radius 1 is 0.976 bits per heavy atom. The Kier molecular flexibility index (Phi) is 8.04. The lowest BCUT2D eigenvalue weighted by atomic mass is 10.1. The maximum absolute atomic E-state index is 13.3. The molecule has 4 aromatic rings. The number of anilines is 2. The van der Waals surface area contributed by atoms with Crippen LogP contribution in [-0.4, -0.2) is 75.7 Å². The van der Waals surface area contributed by atoms with Crippen molar-refractivity contribution < 1.29 is 17.9 Å². The number of fused-ring (bicyclic) bond motifs is 1. The maximum Gasteiger partial charge on any atom is 0.410 e. The number of carbonyl (C=O) groups excluding carboxylic acids is 1. The first-order valence-electron chi connectivity index (χ1n) is 13.4. The van der Waals surface area contributed by atoms with E-state index in [1.165, 1.54) is 4.31 Å². The van der Waals surface area contributed by atoms with E-state index >= 15 is 0 Å². The van der Waals surface area contributed by atoms with Gasteiger partial charge in [-0.15, -0.1) is 0 Å². The van der Waals surface area contributed by atoms with Gasteiger partial charge in [0.2, 0.25) is 16.0 Å². The van der Waals surface area contributed by atoms with Gasteiger partial charge in [-0.1, -0.05) is 24.3 Å². The normalized spacial score (nSPS) is 15.2. The van der Waals surface area contributed by atoms with Crippen LogP contribution in [0.15, 0.2) is 66.0 Å². The van der Waals surface area contributed by atoms with E-state index in [1.54, 1.807) is 47.8 Å². The lowest BCUT2D eigenvalue weighted by Gasteiger charge is -2.26. The lowest BCUT2D eigenvalue weighted by molar-refractivity contribution is 0.0260. The van der Waals surface area contributed by atoms with E-state index in [0.29, 0.717) is 31.1 Å². The number of H-pyrrole nitrogens is 1. The molecule has 41 heavy (non-hydrogen) atoms. The van der Waals surface area contributed by atoms with Gasteiger partial charge < -0.3 is 15.0 Å². The van der Waals surface area contributed by atoms with Crippen molar-refractivity contribution in [3.8, 4) is 0 Å².